The number of hydrogen-bond donors (Lipinski definition) is 1. The van der Waals surface area contributed by atoms with Gasteiger partial charge >= 0.3 is 0 Å². The van der Waals surface area contributed by atoms with Crippen LogP contribution >= 0.6 is 15.9 Å². The van der Waals surface area contributed by atoms with Crippen molar-refractivity contribution in [2.45, 2.75) is 30.7 Å². The molecule has 0 amide bonds. The van der Waals surface area contributed by atoms with Crippen molar-refractivity contribution in [3.8, 4) is 0 Å². The molecule has 1 aliphatic rings. The second kappa shape index (κ2) is 3.88. The number of rotatable bonds is 3. The zero-order valence-electron chi connectivity index (χ0n) is 8.33. The van der Waals surface area contributed by atoms with Gasteiger partial charge in [-0.2, -0.15) is 0 Å². The molecule has 0 saturated heterocycles. The third-order valence-electron chi connectivity index (χ3n) is 2.28. The van der Waals surface area contributed by atoms with Crippen LogP contribution in [0.5, 0.6) is 0 Å². The van der Waals surface area contributed by atoms with Gasteiger partial charge < -0.3 is 0 Å². The van der Waals surface area contributed by atoms with Crippen LogP contribution in [-0.2, 0) is 10.0 Å². The molecule has 0 heterocycles. The van der Waals surface area contributed by atoms with Crippen molar-refractivity contribution in [2.24, 2.45) is 0 Å². The van der Waals surface area contributed by atoms with E-state index in [9.17, 15) is 8.42 Å². The van der Waals surface area contributed by atoms with Crippen molar-refractivity contribution in [1.29, 1.82) is 0 Å². The van der Waals surface area contributed by atoms with E-state index in [2.05, 4.69) is 20.7 Å². The number of halogens is 1. The van der Waals surface area contributed by atoms with Crippen molar-refractivity contribution in [2.75, 3.05) is 0 Å². The molecule has 5 heteroatoms. The normalized spacial score (nSPS) is 16.7. The summed E-state index contributed by atoms with van der Waals surface area (Å²) in [6.07, 6.45) is 1.89. The summed E-state index contributed by atoms with van der Waals surface area (Å²) in [6.45, 7) is 1.93. The van der Waals surface area contributed by atoms with E-state index in [4.69, 9.17) is 0 Å². The van der Waals surface area contributed by atoms with E-state index >= 15 is 0 Å². The van der Waals surface area contributed by atoms with Gasteiger partial charge in [-0.1, -0.05) is 6.07 Å². The summed E-state index contributed by atoms with van der Waals surface area (Å²) in [5, 5.41) is 0. The Morgan fingerprint density at radius 1 is 1.40 bits per heavy atom. The summed E-state index contributed by atoms with van der Waals surface area (Å²) in [4.78, 5) is 0.319. The van der Waals surface area contributed by atoms with E-state index in [1.165, 1.54) is 0 Å². The van der Waals surface area contributed by atoms with Crippen LogP contribution in [0.4, 0.5) is 0 Å². The molecule has 0 atom stereocenters. The van der Waals surface area contributed by atoms with Crippen LogP contribution in [-0.4, -0.2) is 14.5 Å². The highest BCUT2D eigenvalue weighted by Gasteiger charge is 2.28. The fourth-order valence-electron chi connectivity index (χ4n) is 1.31. The topological polar surface area (TPSA) is 46.2 Å². The molecule has 1 aliphatic carbocycles. The fraction of sp³-hybridized carbons (Fsp3) is 0.400. The monoisotopic (exact) mass is 289 g/mol. The minimum Gasteiger partial charge on any atom is -0.208 e. The molecule has 15 heavy (non-hydrogen) atoms. The number of nitrogens with one attached hydrogen (secondary N) is 1. The lowest BCUT2D eigenvalue weighted by molar-refractivity contribution is 0.580. The summed E-state index contributed by atoms with van der Waals surface area (Å²) in [5.41, 5.74) is 1.03. The van der Waals surface area contributed by atoms with Gasteiger partial charge in [0.25, 0.3) is 0 Å². The van der Waals surface area contributed by atoms with E-state index in [1.807, 2.05) is 13.0 Å². The van der Waals surface area contributed by atoms with Gasteiger partial charge in [-0.25, -0.2) is 13.1 Å². The molecule has 1 saturated carbocycles. The molecular formula is C10H12BrNO2S. The average molecular weight is 290 g/mol. The lowest BCUT2D eigenvalue weighted by atomic mass is 10.2. The second-order valence-corrected chi connectivity index (χ2v) is 6.37. The van der Waals surface area contributed by atoms with Crippen LogP contribution in [0.25, 0.3) is 0 Å². The standard InChI is InChI=1S/C10H12BrNO2S/c1-7-2-5-10(9(11)6-7)15(13,14)12-8-3-4-8/h2,5-6,8,12H,3-4H2,1H3. The van der Waals surface area contributed by atoms with Gasteiger partial charge in [0.2, 0.25) is 10.0 Å². The van der Waals surface area contributed by atoms with Crippen LogP contribution in [0.1, 0.15) is 18.4 Å². The van der Waals surface area contributed by atoms with Gasteiger partial charge in [-0.05, 0) is 53.4 Å². The molecule has 0 aliphatic heterocycles. The smallest absolute Gasteiger partial charge is 0.208 e. The molecule has 0 spiro atoms. The van der Waals surface area contributed by atoms with Crippen molar-refractivity contribution >= 4 is 26.0 Å². The third kappa shape index (κ3) is 2.59. The summed E-state index contributed by atoms with van der Waals surface area (Å²) >= 11 is 3.27. The largest absolute Gasteiger partial charge is 0.241 e. The maximum Gasteiger partial charge on any atom is 0.241 e. The van der Waals surface area contributed by atoms with Crippen molar-refractivity contribution in [1.82, 2.24) is 4.72 Å². The predicted octanol–water partition coefficient (Wildman–Crippen LogP) is 2.20. The Labute approximate surface area is 98.1 Å². The van der Waals surface area contributed by atoms with Gasteiger partial charge in [0, 0.05) is 10.5 Å². The lowest BCUT2D eigenvalue weighted by Gasteiger charge is -2.07. The summed E-state index contributed by atoms with van der Waals surface area (Å²) in [5.74, 6) is 0. The minimum atomic E-state index is -3.34. The first-order valence-corrected chi connectivity index (χ1v) is 7.05. The van der Waals surface area contributed by atoms with Gasteiger partial charge in [0.05, 0.1) is 4.90 Å². The lowest BCUT2D eigenvalue weighted by Crippen LogP contribution is -2.26. The van der Waals surface area contributed by atoms with Crippen LogP contribution in [0.3, 0.4) is 0 Å². The summed E-state index contributed by atoms with van der Waals surface area (Å²) in [7, 11) is -3.34. The SMILES string of the molecule is Cc1ccc(S(=O)(=O)NC2CC2)c(Br)c1. The highest BCUT2D eigenvalue weighted by atomic mass is 79.9. The van der Waals surface area contributed by atoms with Crippen LogP contribution in [0.15, 0.2) is 27.6 Å². The Bertz CT molecular complexity index is 480. The van der Waals surface area contributed by atoms with E-state index < -0.39 is 10.0 Å². The molecule has 82 valence electrons. The molecule has 1 fully saturated rings. The number of sulfonamides is 1. The minimum absolute atomic E-state index is 0.142. The Hall–Kier alpha value is -0.390. The number of aryl methyl sites for hydroxylation is 1. The van der Waals surface area contributed by atoms with Gasteiger partial charge in [0.15, 0.2) is 0 Å². The zero-order valence-corrected chi connectivity index (χ0v) is 10.7. The third-order valence-corrected chi connectivity index (χ3v) is 4.77. The highest BCUT2D eigenvalue weighted by molar-refractivity contribution is 9.10. The molecule has 1 N–H and O–H groups in total. The number of benzene rings is 1. The van der Waals surface area contributed by atoms with E-state index in [0.29, 0.717) is 9.37 Å². The number of hydrogen-bond acceptors (Lipinski definition) is 2. The van der Waals surface area contributed by atoms with Crippen molar-refractivity contribution < 1.29 is 8.42 Å². The van der Waals surface area contributed by atoms with E-state index in [0.717, 1.165) is 18.4 Å². The molecule has 1 aromatic rings. The summed E-state index contributed by atoms with van der Waals surface area (Å²) < 4.78 is 27.0. The van der Waals surface area contributed by atoms with E-state index in [1.54, 1.807) is 12.1 Å². The zero-order chi connectivity index (χ0) is 11.1. The van der Waals surface area contributed by atoms with E-state index in [-0.39, 0.29) is 6.04 Å². The molecule has 0 radical (unpaired) electrons. The van der Waals surface area contributed by atoms with Crippen LogP contribution in [0, 0.1) is 6.92 Å². The molecule has 0 unspecified atom stereocenters. The predicted molar refractivity (Wildman–Crippen MR) is 62.2 cm³/mol. The Balaban J connectivity index is 2.34. The maximum absolute atomic E-state index is 11.9. The van der Waals surface area contributed by atoms with Crippen molar-refractivity contribution in [3.05, 3.63) is 28.2 Å². The summed E-state index contributed by atoms with van der Waals surface area (Å²) in [6, 6.07) is 5.38. The van der Waals surface area contributed by atoms with Gasteiger partial charge in [0.1, 0.15) is 0 Å². The van der Waals surface area contributed by atoms with Crippen molar-refractivity contribution in [3.63, 3.8) is 0 Å². The quantitative estimate of drug-likeness (QED) is 0.927. The van der Waals surface area contributed by atoms with Gasteiger partial charge in [-0.3, -0.25) is 0 Å². The Kier molecular flexibility index (Phi) is 2.87. The first-order valence-electron chi connectivity index (χ1n) is 4.77. The average Bonchev–Trinajstić information content (AvgIpc) is 2.86. The van der Waals surface area contributed by atoms with Crippen LogP contribution < -0.4 is 4.72 Å². The maximum atomic E-state index is 11.9. The molecule has 0 bridgehead atoms. The first kappa shape index (κ1) is 11.1. The Morgan fingerprint density at radius 3 is 2.60 bits per heavy atom. The molecular weight excluding hydrogens is 278 g/mol. The molecule has 3 nitrogen and oxygen atoms in total. The molecule has 1 aromatic carbocycles. The van der Waals surface area contributed by atoms with Gasteiger partial charge in [-0.15, -0.1) is 0 Å². The Morgan fingerprint density at radius 2 is 2.07 bits per heavy atom. The fourth-order valence-corrected chi connectivity index (χ4v) is 3.80. The second-order valence-electron chi connectivity index (χ2n) is 3.83. The first-order chi connectivity index (χ1) is 6.99. The highest BCUT2D eigenvalue weighted by Crippen LogP contribution is 2.26. The molecule has 2 rings (SSSR count). The van der Waals surface area contributed by atoms with Crippen LogP contribution in [0.2, 0.25) is 0 Å². The molecule has 0 aromatic heterocycles.